The number of rotatable bonds is 7. The minimum atomic E-state index is -0.755. The average Bonchev–Trinajstić information content (AvgIpc) is 3.57. The molecule has 4 rings (SSSR count). The highest BCUT2D eigenvalue weighted by Crippen LogP contribution is 2.48. The maximum absolute atomic E-state index is 12.1. The largest absolute Gasteiger partial charge is 0.493 e. The molecule has 1 aliphatic carbocycles. The fraction of sp³-hybridized carbons (Fsp3) is 0.227. The van der Waals surface area contributed by atoms with Gasteiger partial charge in [-0.2, -0.15) is 0 Å². The molecule has 1 aromatic heterocycles. The molecule has 7 N–H and O–H groups in total. The zero-order valence-corrected chi connectivity index (χ0v) is 16.9. The van der Waals surface area contributed by atoms with Crippen molar-refractivity contribution in [3.05, 3.63) is 58.4 Å². The second kappa shape index (κ2) is 8.11. The van der Waals surface area contributed by atoms with Gasteiger partial charge >= 0.3 is 5.97 Å². The van der Waals surface area contributed by atoms with Crippen LogP contribution in [0.5, 0.6) is 5.75 Å². The van der Waals surface area contributed by atoms with E-state index in [1.807, 2.05) is 43.3 Å². The van der Waals surface area contributed by atoms with Gasteiger partial charge in [-0.3, -0.25) is 9.59 Å². The third-order valence-corrected chi connectivity index (χ3v) is 5.38. The first kappa shape index (κ1) is 20.4. The molecule has 2 aromatic carbocycles. The van der Waals surface area contributed by atoms with Crippen molar-refractivity contribution < 1.29 is 14.6 Å². The van der Waals surface area contributed by atoms with Gasteiger partial charge in [-0.25, -0.2) is 10.8 Å². The van der Waals surface area contributed by atoms with Crippen LogP contribution in [0.1, 0.15) is 24.8 Å². The SMILES string of the molecule is CCOc1cc(-c2cccc(C3CC3C(=O)O)c2)ccc1-c1nc(NN)c(N)c(=O)[nH]1. The molecule has 9 heteroatoms. The predicted molar refractivity (Wildman–Crippen MR) is 118 cm³/mol. The summed E-state index contributed by atoms with van der Waals surface area (Å²) >= 11 is 0. The van der Waals surface area contributed by atoms with Crippen LogP contribution < -0.4 is 27.3 Å². The van der Waals surface area contributed by atoms with Crippen molar-refractivity contribution in [1.82, 2.24) is 9.97 Å². The van der Waals surface area contributed by atoms with Gasteiger partial charge in [-0.05, 0) is 48.1 Å². The minimum absolute atomic E-state index is 0.0503. The lowest BCUT2D eigenvalue weighted by atomic mass is 9.98. The van der Waals surface area contributed by atoms with Gasteiger partial charge in [0.1, 0.15) is 17.3 Å². The number of nitrogens with one attached hydrogen (secondary N) is 2. The summed E-state index contributed by atoms with van der Waals surface area (Å²) in [6.07, 6.45) is 0.662. The summed E-state index contributed by atoms with van der Waals surface area (Å²) < 4.78 is 5.81. The molecule has 2 atom stereocenters. The molecule has 0 bridgehead atoms. The number of carboxylic acid groups (broad SMARTS) is 1. The van der Waals surface area contributed by atoms with Crippen LogP contribution in [0.4, 0.5) is 11.5 Å². The molecule has 1 fully saturated rings. The second-order valence-electron chi connectivity index (χ2n) is 7.38. The van der Waals surface area contributed by atoms with Crippen LogP contribution in [0.15, 0.2) is 47.3 Å². The number of aliphatic carboxylic acids is 1. The molecule has 0 radical (unpaired) electrons. The molecular formula is C22H23N5O4. The molecule has 2 unspecified atom stereocenters. The van der Waals surface area contributed by atoms with Gasteiger partial charge in [0.15, 0.2) is 5.82 Å². The lowest BCUT2D eigenvalue weighted by molar-refractivity contribution is -0.138. The molecule has 160 valence electrons. The summed E-state index contributed by atoms with van der Waals surface area (Å²) in [4.78, 5) is 30.3. The minimum Gasteiger partial charge on any atom is -0.493 e. The number of aromatic amines is 1. The topological polar surface area (TPSA) is 156 Å². The lowest BCUT2D eigenvalue weighted by Crippen LogP contribution is -2.20. The van der Waals surface area contributed by atoms with Crippen LogP contribution in [0, 0.1) is 5.92 Å². The van der Waals surface area contributed by atoms with Crippen molar-refractivity contribution in [3.63, 3.8) is 0 Å². The standard InChI is InChI=1S/C22H23N5O4/c1-2-31-17-9-12(11-4-3-5-13(8-11)15-10-16(15)22(29)30)6-7-14(17)19-25-20(27-24)18(23)21(28)26-19/h3-9,15-16H,2,10,23-24H2,1H3,(H,29,30)(H2,25,26,27,28). The number of H-pyrrole nitrogens is 1. The van der Waals surface area contributed by atoms with E-state index in [1.165, 1.54) is 0 Å². The normalized spacial score (nSPS) is 17.2. The quantitative estimate of drug-likeness (QED) is 0.288. The third-order valence-electron chi connectivity index (χ3n) is 5.38. The van der Waals surface area contributed by atoms with Gasteiger partial charge in [0.05, 0.1) is 18.1 Å². The van der Waals surface area contributed by atoms with E-state index in [1.54, 1.807) is 6.07 Å². The number of anilines is 2. The fourth-order valence-corrected chi connectivity index (χ4v) is 3.68. The fourth-order valence-electron chi connectivity index (χ4n) is 3.68. The van der Waals surface area contributed by atoms with E-state index in [4.69, 9.17) is 16.3 Å². The molecule has 1 heterocycles. The first-order valence-electron chi connectivity index (χ1n) is 9.89. The van der Waals surface area contributed by atoms with Gasteiger partial charge < -0.3 is 26.0 Å². The van der Waals surface area contributed by atoms with Crippen molar-refractivity contribution in [3.8, 4) is 28.3 Å². The van der Waals surface area contributed by atoms with E-state index in [0.717, 1.165) is 16.7 Å². The number of carboxylic acids is 1. The van der Waals surface area contributed by atoms with E-state index >= 15 is 0 Å². The molecular weight excluding hydrogens is 398 g/mol. The van der Waals surface area contributed by atoms with Crippen molar-refractivity contribution in [2.75, 3.05) is 17.8 Å². The van der Waals surface area contributed by atoms with Crippen molar-refractivity contribution in [2.45, 2.75) is 19.3 Å². The maximum atomic E-state index is 12.1. The molecule has 0 saturated heterocycles. The maximum Gasteiger partial charge on any atom is 0.307 e. The molecule has 0 amide bonds. The number of carbonyl (C=O) groups is 1. The second-order valence-corrected chi connectivity index (χ2v) is 7.38. The Kier molecular flexibility index (Phi) is 5.35. The monoisotopic (exact) mass is 421 g/mol. The highest BCUT2D eigenvalue weighted by atomic mass is 16.5. The van der Waals surface area contributed by atoms with Crippen LogP contribution in [-0.2, 0) is 4.79 Å². The van der Waals surface area contributed by atoms with Crippen LogP contribution in [-0.4, -0.2) is 27.7 Å². The van der Waals surface area contributed by atoms with Gasteiger partial charge in [-0.1, -0.05) is 30.3 Å². The molecule has 1 saturated carbocycles. The third kappa shape index (κ3) is 3.95. The Hall–Kier alpha value is -3.85. The zero-order chi connectivity index (χ0) is 22.1. The van der Waals surface area contributed by atoms with Crippen LogP contribution in [0.2, 0.25) is 0 Å². The van der Waals surface area contributed by atoms with Gasteiger partial charge in [0, 0.05) is 0 Å². The van der Waals surface area contributed by atoms with E-state index in [-0.39, 0.29) is 29.2 Å². The summed E-state index contributed by atoms with van der Waals surface area (Å²) in [5.41, 5.74) is 10.9. The number of hydrazine groups is 1. The van der Waals surface area contributed by atoms with Crippen LogP contribution >= 0.6 is 0 Å². The van der Waals surface area contributed by atoms with Gasteiger partial charge in [-0.15, -0.1) is 0 Å². The summed E-state index contributed by atoms with van der Waals surface area (Å²) in [6, 6.07) is 13.4. The van der Waals surface area contributed by atoms with Crippen molar-refractivity contribution >= 4 is 17.5 Å². The zero-order valence-electron chi connectivity index (χ0n) is 16.9. The first-order chi connectivity index (χ1) is 14.9. The number of hydrogen-bond acceptors (Lipinski definition) is 7. The highest BCUT2D eigenvalue weighted by Gasteiger charge is 2.44. The number of ether oxygens (including phenoxy) is 1. The Morgan fingerprint density at radius 3 is 2.74 bits per heavy atom. The average molecular weight is 421 g/mol. The Balaban J connectivity index is 1.73. The molecule has 1 aliphatic rings. The molecule has 0 spiro atoms. The van der Waals surface area contributed by atoms with Gasteiger partial charge in [0.2, 0.25) is 0 Å². The number of nitrogens with two attached hydrogens (primary N) is 2. The highest BCUT2D eigenvalue weighted by molar-refractivity contribution is 5.77. The number of nitrogens with zero attached hydrogens (tertiary/aromatic N) is 1. The Bertz CT molecular complexity index is 1210. The van der Waals surface area contributed by atoms with Crippen molar-refractivity contribution in [1.29, 1.82) is 0 Å². The van der Waals surface area contributed by atoms with Gasteiger partial charge in [0.25, 0.3) is 5.56 Å². The van der Waals surface area contributed by atoms with E-state index in [0.29, 0.717) is 24.3 Å². The van der Waals surface area contributed by atoms with Crippen LogP contribution in [0.25, 0.3) is 22.5 Å². The molecule has 31 heavy (non-hydrogen) atoms. The van der Waals surface area contributed by atoms with E-state index in [2.05, 4.69) is 15.4 Å². The van der Waals surface area contributed by atoms with E-state index < -0.39 is 11.5 Å². The number of hydrogen-bond donors (Lipinski definition) is 5. The number of benzene rings is 2. The summed E-state index contributed by atoms with van der Waals surface area (Å²) in [5, 5.41) is 9.21. The lowest BCUT2D eigenvalue weighted by Gasteiger charge is -2.14. The predicted octanol–water partition coefficient (Wildman–Crippen LogP) is 2.56. The summed E-state index contributed by atoms with van der Waals surface area (Å²) in [5.74, 6) is 5.30. The number of nitrogen functional groups attached to an aromatic ring is 2. The molecule has 0 aliphatic heterocycles. The van der Waals surface area contributed by atoms with E-state index in [9.17, 15) is 14.7 Å². The smallest absolute Gasteiger partial charge is 0.307 e. The number of aromatic nitrogens is 2. The Labute approximate surface area is 178 Å². The molecule has 9 nitrogen and oxygen atoms in total. The Morgan fingerprint density at radius 2 is 2.06 bits per heavy atom. The summed E-state index contributed by atoms with van der Waals surface area (Å²) in [7, 11) is 0. The first-order valence-corrected chi connectivity index (χ1v) is 9.89. The molecule has 3 aromatic rings. The Morgan fingerprint density at radius 1 is 1.29 bits per heavy atom. The van der Waals surface area contributed by atoms with Crippen molar-refractivity contribution in [2.24, 2.45) is 11.8 Å². The summed E-state index contributed by atoms with van der Waals surface area (Å²) in [6.45, 7) is 2.28. The van der Waals surface area contributed by atoms with Crippen LogP contribution in [0.3, 0.4) is 0 Å².